The Morgan fingerprint density at radius 2 is 1.86 bits per heavy atom. The van der Waals surface area contributed by atoms with Gasteiger partial charge < -0.3 is 5.32 Å². The van der Waals surface area contributed by atoms with Gasteiger partial charge >= 0.3 is 6.18 Å². The van der Waals surface area contributed by atoms with Crippen LogP contribution in [0.5, 0.6) is 0 Å². The maximum absolute atomic E-state index is 13.4. The predicted molar refractivity (Wildman–Crippen MR) is 131 cm³/mol. The number of halogens is 3. The fourth-order valence-electron chi connectivity index (χ4n) is 4.68. The zero-order valence-corrected chi connectivity index (χ0v) is 19.5. The molecule has 1 aromatic carbocycles. The molecule has 0 atom stereocenters. The molecule has 0 aliphatic carbocycles. The third-order valence-corrected chi connectivity index (χ3v) is 6.59. The lowest BCUT2D eigenvalue weighted by Crippen LogP contribution is -2.33. The van der Waals surface area contributed by atoms with Crippen LogP contribution in [0.1, 0.15) is 41.1 Å². The third-order valence-electron chi connectivity index (χ3n) is 6.59. The first-order valence-electron chi connectivity index (χ1n) is 11.7. The minimum Gasteiger partial charge on any atom is -0.366 e. The number of nitrogens with zero attached hydrogens (tertiary/aromatic N) is 5. The predicted octanol–water partition coefficient (Wildman–Crippen LogP) is 3.39. The second kappa shape index (κ2) is 9.69. The van der Waals surface area contributed by atoms with Crippen LogP contribution in [0.15, 0.2) is 61.1 Å². The highest BCUT2D eigenvalue weighted by atomic mass is 19.4. The number of pyridine rings is 1. The lowest BCUT2D eigenvalue weighted by molar-refractivity contribution is -0.138. The van der Waals surface area contributed by atoms with Gasteiger partial charge in [-0.25, -0.2) is 4.98 Å². The molecule has 1 N–H and O–H groups in total. The smallest absolute Gasteiger partial charge is 0.366 e. The van der Waals surface area contributed by atoms with Crippen molar-refractivity contribution < 1.29 is 13.2 Å². The van der Waals surface area contributed by atoms with Crippen molar-refractivity contribution in [3.05, 3.63) is 83.4 Å². The Morgan fingerprint density at radius 3 is 2.60 bits per heavy atom. The molecule has 0 amide bonds. The standard InChI is InChI=1S/C25H26BF3N6/c26-21-15-32-35-23(31-14-17-4-3-9-30-13-17)12-22(33-24(21)35)18-7-10-34(11-8-18)16-19-5-1-2-6-20(19)25(27,28)29/h1-6,9,12-13,15,18,31H,7-8,10-11,14,16,26H2. The molecule has 1 fully saturated rings. The number of hydrogen-bond donors (Lipinski definition) is 1. The summed E-state index contributed by atoms with van der Waals surface area (Å²) in [6.07, 6.45) is 2.72. The number of rotatable bonds is 6. The van der Waals surface area contributed by atoms with Crippen molar-refractivity contribution in [2.24, 2.45) is 0 Å². The maximum Gasteiger partial charge on any atom is 0.416 e. The quantitative estimate of drug-likeness (QED) is 0.431. The van der Waals surface area contributed by atoms with E-state index in [1.807, 2.05) is 36.9 Å². The highest BCUT2D eigenvalue weighted by Crippen LogP contribution is 2.34. The Kier molecular flexibility index (Phi) is 6.47. The molecule has 0 saturated carbocycles. The van der Waals surface area contributed by atoms with Gasteiger partial charge in [-0.3, -0.25) is 9.88 Å². The van der Waals surface area contributed by atoms with E-state index in [0.29, 0.717) is 18.7 Å². The van der Waals surface area contributed by atoms with Gasteiger partial charge in [-0.05, 0) is 54.7 Å². The summed E-state index contributed by atoms with van der Waals surface area (Å²) in [7, 11) is 1.99. The Hall–Kier alpha value is -3.40. The normalized spacial score (nSPS) is 15.5. The van der Waals surface area contributed by atoms with E-state index >= 15 is 0 Å². The van der Waals surface area contributed by atoms with E-state index < -0.39 is 11.7 Å². The number of hydrogen-bond acceptors (Lipinski definition) is 5. The van der Waals surface area contributed by atoms with Crippen molar-refractivity contribution in [3.63, 3.8) is 0 Å². The van der Waals surface area contributed by atoms with Crippen LogP contribution in [0, 0.1) is 0 Å². The molecule has 3 aromatic heterocycles. The van der Waals surface area contributed by atoms with Gasteiger partial charge in [0.15, 0.2) is 5.65 Å². The molecule has 0 unspecified atom stereocenters. The van der Waals surface area contributed by atoms with Crippen LogP contribution in [0.3, 0.4) is 0 Å². The Balaban J connectivity index is 1.31. The second-order valence-corrected chi connectivity index (χ2v) is 9.05. The van der Waals surface area contributed by atoms with Crippen molar-refractivity contribution >= 4 is 24.8 Å². The van der Waals surface area contributed by atoms with E-state index in [2.05, 4.69) is 26.4 Å². The summed E-state index contributed by atoms with van der Waals surface area (Å²) in [4.78, 5) is 11.2. The van der Waals surface area contributed by atoms with Gasteiger partial charge in [-0.1, -0.05) is 24.3 Å². The number of aromatic nitrogens is 4. The zero-order valence-electron chi connectivity index (χ0n) is 19.5. The van der Waals surface area contributed by atoms with Crippen LogP contribution in [-0.4, -0.2) is 45.4 Å². The fourth-order valence-corrected chi connectivity index (χ4v) is 4.68. The van der Waals surface area contributed by atoms with Crippen molar-refractivity contribution in [2.45, 2.75) is 38.0 Å². The van der Waals surface area contributed by atoms with Crippen molar-refractivity contribution in [1.82, 2.24) is 24.5 Å². The Labute approximate surface area is 202 Å². The summed E-state index contributed by atoms with van der Waals surface area (Å²) in [5.41, 5.74) is 3.65. The highest BCUT2D eigenvalue weighted by molar-refractivity contribution is 6.36. The molecule has 10 heteroatoms. The number of alkyl halides is 3. The Morgan fingerprint density at radius 1 is 1.06 bits per heavy atom. The monoisotopic (exact) mass is 478 g/mol. The zero-order chi connectivity index (χ0) is 24.4. The van der Waals surface area contributed by atoms with Gasteiger partial charge in [0, 0.05) is 49.4 Å². The van der Waals surface area contributed by atoms with Gasteiger partial charge in [0.2, 0.25) is 0 Å². The minimum atomic E-state index is -4.34. The number of benzene rings is 1. The van der Waals surface area contributed by atoms with Gasteiger partial charge in [-0.2, -0.15) is 22.8 Å². The van der Waals surface area contributed by atoms with Crippen molar-refractivity contribution in [2.75, 3.05) is 18.4 Å². The SMILES string of the molecule is Bc1cnn2c(NCc3cccnc3)cc(C3CCN(Cc4ccccc4C(F)(F)F)CC3)nc12. The molecule has 4 heterocycles. The van der Waals surface area contributed by atoms with Gasteiger partial charge in [0.1, 0.15) is 13.7 Å². The van der Waals surface area contributed by atoms with E-state index in [9.17, 15) is 13.2 Å². The summed E-state index contributed by atoms with van der Waals surface area (Å²) < 4.78 is 42.0. The average molecular weight is 478 g/mol. The van der Waals surface area contributed by atoms with E-state index in [-0.39, 0.29) is 5.92 Å². The third kappa shape index (κ3) is 5.17. The topological polar surface area (TPSA) is 58.4 Å². The van der Waals surface area contributed by atoms with Crippen LogP contribution < -0.4 is 10.8 Å². The lowest BCUT2D eigenvalue weighted by atomic mass is 9.92. The average Bonchev–Trinajstić information content (AvgIpc) is 3.24. The fraction of sp³-hybridized carbons (Fsp3) is 0.320. The molecule has 180 valence electrons. The van der Waals surface area contributed by atoms with Crippen LogP contribution in [0.4, 0.5) is 19.0 Å². The number of likely N-dealkylation sites (tertiary alicyclic amines) is 1. The molecular weight excluding hydrogens is 452 g/mol. The van der Waals surface area contributed by atoms with E-state index in [4.69, 9.17) is 4.98 Å². The molecule has 0 bridgehead atoms. The lowest BCUT2D eigenvalue weighted by Gasteiger charge is -2.32. The number of nitrogens with one attached hydrogen (secondary N) is 1. The molecule has 1 aliphatic rings. The first kappa shape index (κ1) is 23.4. The second-order valence-electron chi connectivity index (χ2n) is 9.05. The summed E-state index contributed by atoms with van der Waals surface area (Å²) >= 11 is 0. The highest BCUT2D eigenvalue weighted by Gasteiger charge is 2.33. The maximum atomic E-state index is 13.4. The van der Waals surface area contributed by atoms with E-state index in [0.717, 1.165) is 60.2 Å². The van der Waals surface area contributed by atoms with Crippen LogP contribution >= 0.6 is 0 Å². The van der Waals surface area contributed by atoms with Gasteiger partial charge in [0.05, 0.1) is 5.56 Å². The van der Waals surface area contributed by atoms with Gasteiger partial charge in [0.25, 0.3) is 0 Å². The number of anilines is 1. The van der Waals surface area contributed by atoms with Crippen molar-refractivity contribution in [1.29, 1.82) is 0 Å². The summed E-state index contributed by atoms with van der Waals surface area (Å²) in [5.74, 6) is 1.10. The Bertz CT molecular complexity index is 1300. The summed E-state index contributed by atoms with van der Waals surface area (Å²) in [6, 6.07) is 11.8. The van der Waals surface area contributed by atoms with Crippen LogP contribution in [-0.2, 0) is 19.3 Å². The molecule has 6 nitrogen and oxygen atoms in total. The molecule has 5 rings (SSSR count). The minimum absolute atomic E-state index is 0.238. The van der Waals surface area contributed by atoms with E-state index in [1.54, 1.807) is 18.3 Å². The summed E-state index contributed by atoms with van der Waals surface area (Å²) in [6.45, 7) is 2.36. The summed E-state index contributed by atoms with van der Waals surface area (Å²) in [5, 5.41) is 7.94. The first-order valence-corrected chi connectivity index (χ1v) is 11.7. The molecule has 1 aliphatic heterocycles. The molecule has 0 radical (unpaired) electrons. The van der Waals surface area contributed by atoms with Crippen molar-refractivity contribution in [3.8, 4) is 0 Å². The molecule has 0 spiro atoms. The van der Waals surface area contributed by atoms with E-state index in [1.165, 1.54) is 6.07 Å². The molecule has 1 saturated heterocycles. The first-order chi connectivity index (χ1) is 16.9. The van der Waals surface area contributed by atoms with Crippen LogP contribution in [0.2, 0.25) is 0 Å². The van der Waals surface area contributed by atoms with Crippen LogP contribution in [0.25, 0.3) is 5.65 Å². The largest absolute Gasteiger partial charge is 0.416 e. The number of piperidine rings is 1. The molecular formula is C25H26BF3N6. The van der Waals surface area contributed by atoms with Gasteiger partial charge in [-0.15, -0.1) is 0 Å². The number of fused-ring (bicyclic) bond motifs is 1. The molecule has 4 aromatic rings. The molecule has 35 heavy (non-hydrogen) atoms.